The van der Waals surface area contributed by atoms with Gasteiger partial charge < -0.3 is 5.11 Å². The minimum Gasteiger partial charge on any atom is -0.478 e. The summed E-state index contributed by atoms with van der Waals surface area (Å²) in [6, 6.07) is 12.6. The van der Waals surface area contributed by atoms with Crippen molar-refractivity contribution in [3.8, 4) is 0 Å². The first-order valence-corrected chi connectivity index (χ1v) is 6.53. The van der Waals surface area contributed by atoms with Crippen LogP contribution in [-0.2, 0) is 0 Å². The molecule has 0 saturated carbocycles. The van der Waals surface area contributed by atoms with E-state index in [9.17, 15) is 4.79 Å². The van der Waals surface area contributed by atoms with Crippen molar-refractivity contribution in [3.05, 3.63) is 58.6 Å². The van der Waals surface area contributed by atoms with E-state index in [1.807, 2.05) is 37.3 Å². The average molecular weight is 279 g/mol. The highest BCUT2D eigenvalue weighted by Gasteiger charge is 2.04. The van der Waals surface area contributed by atoms with Crippen LogP contribution in [0, 0.1) is 6.92 Å². The largest absolute Gasteiger partial charge is 0.478 e. The maximum absolute atomic E-state index is 10.7. The second-order valence-electron chi connectivity index (χ2n) is 3.84. The van der Waals surface area contributed by atoms with Crippen molar-refractivity contribution in [2.24, 2.45) is 0 Å². The van der Waals surface area contributed by atoms with E-state index in [0.29, 0.717) is 5.56 Å². The quantitative estimate of drug-likeness (QED) is 0.898. The maximum atomic E-state index is 10.7. The van der Waals surface area contributed by atoms with E-state index < -0.39 is 5.97 Å². The molecule has 0 aliphatic heterocycles. The summed E-state index contributed by atoms with van der Waals surface area (Å²) in [5.74, 6) is -0.908. The molecule has 0 unspecified atom stereocenters. The molecule has 0 aliphatic rings. The Hall–Kier alpha value is -1.45. The summed E-state index contributed by atoms with van der Waals surface area (Å²) in [6.07, 6.45) is 0. The van der Waals surface area contributed by atoms with Crippen LogP contribution in [0.3, 0.4) is 0 Å². The normalized spacial score (nSPS) is 10.3. The van der Waals surface area contributed by atoms with Crippen LogP contribution < -0.4 is 0 Å². The number of hydrogen-bond donors (Lipinski definition) is 1. The van der Waals surface area contributed by atoms with Crippen LogP contribution >= 0.6 is 23.4 Å². The van der Waals surface area contributed by atoms with Gasteiger partial charge in [-0.25, -0.2) is 4.79 Å². The van der Waals surface area contributed by atoms with Gasteiger partial charge in [-0.15, -0.1) is 0 Å². The van der Waals surface area contributed by atoms with Crippen molar-refractivity contribution < 1.29 is 9.90 Å². The molecule has 0 heterocycles. The number of aryl methyl sites for hydroxylation is 1. The number of benzene rings is 2. The molecular formula is C14H11ClO2S. The molecule has 0 atom stereocenters. The maximum Gasteiger partial charge on any atom is 0.335 e. The zero-order valence-corrected chi connectivity index (χ0v) is 11.3. The number of rotatable bonds is 3. The molecule has 2 aromatic rings. The van der Waals surface area contributed by atoms with Crippen molar-refractivity contribution >= 4 is 29.3 Å². The third kappa shape index (κ3) is 3.06. The number of hydrogen-bond acceptors (Lipinski definition) is 2. The number of carboxylic acid groups (broad SMARTS) is 1. The number of halogens is 1. The molecule has 0 aliphatic carbocycles. The third-order valence-electron chi connectivity index (χ3n) is 2.47. The van der Waals surface area contributed by atoms with Gasteiger partial charge in [0.1, 0.15) is 0 Å². The Bertz CT molecular complexity index is 579. The first kappa shape index (κ1) is 13.0. The highest BCUT2D eigenvalue weighted by Crippen LogP contribution is 2.31. The minimum absolute atomic E-state index is 0.298. The molecule has 92 valence electrons. The lowest BCUT2D eigenvalue weighted by molar-refractivity contribution is 0.0697. The summed E-state index contributed by atoms with van der Waals surface area (Å²) in [4.78, 5) is 12.9. The monoisotopic (exact) mass is 278 g/mol. The van der Waals surface area contributed by atoms with Gasteiger partial charge in [-0.05, 0) is 55.0 Å². The van der Waals surface area contributed by atoms with E-state index in [1.54, 1.807) is 23.9 Å². The Kier molecular flexibility index (Phi) is 3.94. The van der Waals surface area contributed by atoms with Crippen LogP contribution in [-0.4, -0.2) is 11.1 Å². The summed E-state index contributed by atoms with van der Waals surface area (Å²) < 4.78 is 0. The second-order valence-corrected chi connectivity index (χ2v) is 5.39. The lowest BCUT2D eigenvalue weighted by Crippen LogP contribution is -1.94. The molecular weight excluding hydrogens is 268 g/mol. The Morgan fingerprint density at radius 1 is 1.17 bits per heavy atom. The Morgan fingerprint density at radius 2 is 1.83 bits per heavy atom. The van der Waals surface area contributed by atoms with Crippen LogP contribution in [0.4, 0.5) is 0 Å². The van der Waals surface area contributed by atoms with Crippen LogP contribution in [0.2, 0.25) is 5.02 Å². The van der Waals surface area contributed by atoms with Gasteiger partial charge in [-0.3, -0.25) is 0 Å². The summed E-state index contributed by atoms with van der Waals surface area (Å²) in [7, 11) is 0. The molecule has 0 bridgehead atoms. The van der Waals surface area contributed by atoms with Crippen molar-refractivity contribution in [2.75, 3.05) is 0 Å². The highest BCUT2D eigenvalue weighted by molar-refractivity contribution is 7.99. The Balaban J connectivity index is 2.21. The van der Waals surface area contributed by atoms with Gasteiger partial charge in [0.2, 0.25) is 0 Å². The molecule has 4 heteroatoms. The average Bonchev–Trinajstić information content (AvgIpc) is 2.33. The van der Waals surface area contributed by atoms with Gasteiger partial charge in [0.05, 0.1) is 5.56 Å². The fourth-order valence-corrected chi connectivity index (χ4v) is 2.63. The summed E-state index contributed by atoms with van der Waals surface area (Å²) in [6.45, 7) is 2.00. The molecule has 2 aromatic carbocycles. The highest BCUT2D eigenvalue weighted by atomic mass is 35.5. The predicted molar refractivity (Wildman–Crippen MR) is 73.7 cm³/mol. The van der Waals surface area contributed by atoms with Crippen molar-refractivity contribution in [2.45, 2.75) is 16.7 Å². The molecule has 0 saturated heterocycles. The summed E-state index contributed by atoms with van der Waals surface area (Å²) in [5, 5.41) is 9.54. The fraction of sp³-hybridized carbons (Fsp3) is 0.0714. The van der Waals surface area contributed by atoms with Gasteiger partial charge in [0.15, 0.2) is 0 Å². The van der Waals surface area contributed by atoms with Crippen molar-refractivity contribution in [3.63, 3.8) is 0 Å². The third-order valence-corrected chi connectivity index (χ3v) is 3.89. The lowest BCUT2D eigenvalue weighted by atomic mass is 10.2. The van der Waals surface area contributed by atoms with E-state index in [1.165, 1.54) is 0 Å². The molecule has 0 fully saturated rings. The van der Waals surface area contributed by atoms with Crippen LogP contribution in [0.1, 0.15) is 15.9 Å². The van der Waals surface area contributed by atoms with Crippen LogP contribution in [0.15, 0.2) is 52.3 Å². The van der Waals surface area contributed by atoms with Crippen LogP contribution in [0.25, 0.3) is 0 Å². The topological polar surface area (TPSA) is 37.3 Å². The smallest absolute Gasteiger partial charge is 0.335 e. The molecule has 0 aromatic heterocycles. The molecule has 18 heavy (non-hydrogen) atoms. The zero-order chi connectivity index (χ0) is 13.1. The van der Waals surface area contributed by atoms with E-state index >= 15 is 0 Å². The molecule has 0 spiro atoms. The first-order valence-electron chi connectivity index (χ1n) is 5.33. The fourth-order valence-electron chi connectivity index (χ4n) is 1.52. The minimum atomic E-state index is -0.908. The lowest BCUT2D eigenvalue weighted by Gasteiger charge is -2.06. The van der Waals surface area contributed by atoms with Gasteiger partial charge in [0, 0.05) is 14.8 Å². The van der Waals surface area contributed by atoms with E-state index in [0.717, 1.165) is 20.4 Å². The molecule has 2 nitrogen and oxygen atoms in total. The van der Waals surface area contributed by atoms with Crippen molar-refractivity contribution in [1.82, 2.24) is 0 Å². The summed E-state index contributed by atoms with van der Waals surface area (Å²) in [5.41, 5.74) is 1.40. The van der Waals surface area contributed by atoms with Crippen LogP contribution in [0.5, 0.6) is 0 Å². The second kappa shape index (κ2) is 5.46. The Labute approximate surface area is 115 Å². The van der Waals surface area contributed by atoms with Gasteiger partial charge in [-0.1, -0.05) is 23.4 Å². The SMILES string of the molecule is Cc1cc(Cl)ccc1Sc1ccc(C(=O)O)cc1. The Morgan fingerprint density at radius 3 is 2.39 bits per heavy atom. The predicted octanol–water partition coefficient (Wildman–Crippen LogP) is 4.50. The van der Waals surface area contributed by atoms with Gasteiger partial charge in [-0.2, -0.15) is 0 Å². The zero-order valence-electron chi connectivity index (χ0n) is 9.68. The molecule has 0 amide bonds. The first-order chi connectivity index (χ1) is 8.56. The number of carbonyl (C=O) groups is 1. The summed E-state index contributed by atoms with van der Waals surface area (Å²) >= 11 is 7.49. The van der Waals surface area contributed by atoms with Gasteiger partial charge in [0.25, 0.3) is 0 Å². The van der Waals surface area contributed by atoms with Crippen molar-refractivity contribution in [1.29, 1.82) is 0 Å². The van der Waals surface area contributed by atoms with E-state index in [-0.39, 0.29) is 0 Å². The number of carboxylic acids is 1. The number of aromatic carboxylic acids is 1. The van der Waals surface area contributed by atoms with Gasteiger partial charge >= 0.3 is 5.97 Å². The molecule has 1 N–H and O–H groups in total. The molecule has 0 radical (unpaired) electrons. The standard InChI is InChI=1S/C14H11ClO2S/c1-9-8-11(15)4-7-13(9)18-12-5-2-10(3-6-12)14(16)17/h2-8H,1H3,(H,16,17). The molecule has 2 rings (SSSR count). The van der Waals surface area contributed by atoms with E-state index in [2.05, 4.69) is 0 Å². The van der Waals surface area contributed by atoms with E-state index in [4.69, 9.17) is 16.7 Å².